The number of anilines is 1. The highest BCUT2D eigenvalue weighted by atomic mass is 16.7. The molecule has 2 aliphatic heterocycles. The second-order valence-corrected chi connectivity index (χ2v) is 6.46. The fourth-order valence-corrected chi connectivity index (χ4v) is 3.21. The number of fused-ring (bicyclic) bond motifs is 4. The van der Waals surface area contributed by atoms with Crippen molar-refractivity contribution in [1.82, 2.24) is 15.3 Å². The zero-order chi connectivity index (χ0) is 20.0. The number of carbonyl (C=O) groups excluding carboxylic acids is 2. The first-order chi connectivity index (χ1) is 14.1. The average Bonchev–Trinajstić information content (AvgIpc) is 3.20. The third kappa shape index (κ3) is 3.00. The number of rotatable bonds is 3. The molecule has 0 spiro atoms. The van der Waals surface area contributed by atoms with Crippen molar-refractivity contribution in [3.63, 3.8) is 0 Å². The van der Waals surface area contributed by atoms with Crippen molar-refractivity contribution in [2.24, 2.45) is 0 Å². The molecule has 0 bridgehead atoms. The number of ether oxygens (including phenoxy) is 3. The zero-order valence-corrected chi connectivity index (χ0v) is 14.9. The van der Waals surface area contributed by atoms with Gasteiger partial charge in [0, 0.05) is 6.54 Å². The Morgan fingerprint density at radius 2 is 1.97 bits per heavy atom. The van der Waals surface area contributed by atoms with E-state index in [2.05, 4.69) is 20.6 Å². The topological polar surface area (TPSA) is 132 Å². The quantitative estimate of drug-likeness (QED) is 0.602. The molecule has 0 fully saturated rings. The van der Waals surface area contributed by atoms with Crippen LogP contribution in [0.5, 0.6) is 17.2 Å². The maximum Gasteiger partial charge on any atom is 0.287 e. The van der Waals surface area contributed by atoms with Crippen molar-refractivity contribution in [3.8, 4) is 17.2 Å². The van der Waals surface area contributed by atoms with E-state index in [4.69, 9.17) is 14.2 Å². The van der Waals surface area contributed by atoms with Crippen LogP contribution >= 0.6 is 0 Å². The summed E-state index contributed by atoms with van der Waals surface area (Å²) in [6.45, 7) is 0.178. The van der Waals surface area contributed by atoms with Gasteiger partial charge >= 0.3 is 0 Å². The van der Waals surface area contributed by atoms with Crippen LogP contribution in [0.25, 0.3) is 10.9 Å². The van der Waals surface area contributed by atoms with Gasteiger partial charge in [0.15, 0.2) is 23.9 Å². The van der Waals surface area contributed by atoms with Gasteiger partial charge in [-0.2, -0.15) is 0 Å². The fourth-order valence-electron chi connectivity index (χ4n) is 3.21. The Balaban J connectivity index is 1.37. The van der Waals surface area contributed by atoms with E-state index in [1.54, 1.807) is 30.3 Å². The summed E-state index contributed by atoms with van der Waals surface area (Å²) in [5.74, 6) is 0.457. The molecule has 0 saturated carbocycles. The summed E-state index contributed by atoms with van der Waals surface area (Å²) in [5, 5.41) is 5.64. The number of nitrogens with one attached hydrogen (secondary N) is 3. The van der Waals surface area contributed by atoms with Gasteiger partial charge in [-0.15, -0.1) is 0 Å². The van der Waals surface area contributed by atoms with Gasteiger partial charge in [-0.05, 0) is 29.8 Å². The number of amides is 2. The van der Waals surface area contributed by atoms with Gasteiger partial charge in [-0.25, -0.2) is 4.98 Å². The molecule has 3 aromatic rings. The second kappa shape index (κ2) is 6.51. The molecule has 0 radical (unpaired) electrons. The van der Waals surface area contributed by atoms with E-state index in [9.17, 15) is 14.4 Å². The van der Waals surface area contributed by atoms with E-state index in [1.807, 2.05) is 0 Å². The van der Waals surface area contributed by atoms with Crippen molar-refractivity contribution < 1.29 is 23.8 Å². The molecule has 146 valence electrons. The summed E-state index contributed by atoms with van der Waals surface area (Å²) >= 11 is 0. The molecule has 0 saturated heterocycles. The minimum atomic E-state index is -0.542. The zero-order valence-electron chi connectivity index (χ0n) is 14.9. The molecule has 2 aliphatic rings. The molecule has 0 unspecified atom stereocenters. The summed E-state index contributed by atoms with van der Waals surface area (Å²) in [6.07, 6.45) is 0. The Labute approximate surface area is 162 Å². The number of benzene rings is 2. The summed E-state index contributed by atoms with van der Waals surface area (Å²) < 4.78 is 15.9. The molecule has 1 aromatic heterocycles. The van der Waals surface area contributed by atoms with Crippen LogP contribution in [0, 0.1) is 0 Å². The van der Waals surface area contributed by atoms with Crippen molar-refractivity contribution in [2.75, 3.05) is 18.7 Å². The third-order valence-corrected chi connectivity index (χ3v) is 4.55. The number of aromatic nitrogens is 2. The number of H-pyrrole nitrogens is 1. The van der Waals surface area contributed by atoms with Crippen LogP contribution in [0.15, 0.2) is 35.1 Å². The lowest BCUT2D eigenvalue weighted by atomic mass is 10.1. The Hall–Kier alpha value is -4.08. The predicted octanol–water partition coefficient (Wildman–Crippen LogP) is 0.913. The summed E-state index contributed by atoms with van der Waals surface area (Å²) in [5.41, 5.74) is 1.13. The van der Waals surface area contributed by atoms with Gasteiger partial charge in [0.2, 0.25) is 6.79 Å². The van der Waals surface area contributed by atoms with E-state index in [-0.39, 0.29) is 37.1 Å². The molecule has 2 aromatic carbocycles. The normalized spacial score (nSPS) is 14.1. The molecule has 2 amide bonds. The van der Waals surface area contributed by atoms with E-state index in [1.165, 1.54) is 0 Å². The SMILES string of the molecule is O=C1COc2ccc(CNC(=O)c3nc4ccc5c(c4c(=O)[nH]3)OCO5)cc2N1. The molecule has 3 heterocycles. The fraction of sp³-hybridized carbons (Fsp3) is 0.158. The Morgan fingerprint density at radius 3 is 2.86 bits per heavy atom. The van der Waals surface area contributed by atoms with E-state index < -0.39 is 11.5 Å². The molecule has 5 rings (SSSR count). The van der Waals surface area contributed by atoms with Crippen LogP contribution in [0.3, 0.4) is 0 Å². The lowest BCUT2D eigenvalue weighted by Crippen LogP contribution is -2.28. The van der Waals surface area contributed by atoms with Crippen LogP contribution in [0.4, 0.5) is 5.69 Å². The summed E-state index contributed by atoms with van der Waals surface area (Å²) in [6, 6.07) is 8.44. The van der Waals surface area contributed by atoms with Gasteiger partial charge < -0.3 is 29.8 Å². The van der Waals surface area contributed by atoms with Crippen LogP contribution in [-0.4, -0.2) is 35.2 Å². The number of hydrogen-bond acceptors (Lipinski definition) is 7. The number of hydrogen-bond donors (Lipinski definition) is 3. The first-order valence-corrected chi connectivity index (χ1v) is 8.75. The third-order valence-electron chi connectivity index (χ3n) is 4.55. The van der Waals surface area contributed by atoms with Crippen LogP contribution in [-0.2, 0) is 11.3 Å². The molecular formula is C19H14N4O6. The monoisotopic (exact) mass is 394 g/mol. The Bertz CT molecular complexity index is 1240. The van der Waals surface area contributed by atoms with Crippen LogP contribution in [0.2, 0.25) is 0 Å². The first kappa shape index (κ1) is 17.0. The van der Waals surface area contributed by atoms with Gasteiger partial charge in [0.05, 0.1) is 11.2 Å². The first-order valence-electron chi connectivity index (χ1n) is 8.75. The number of nitrogens with zero attached hydrogens (tertiary/aromatic N) is 1. The Kier molecular flexibility index (Phi) is 3.83. The molecule has 10 nitrogen and oxygen atoms in total. The van der Waals surface area contributed by atoms with Gasteiger partial charge in [-0.1, -0.05) is 6.07 Å². The van der Waals surface area contributed by atoms with E-state index in [0.717, 1.165) is 5.56 Å². The summed E-state index contributed by atoms with van der Waals surface area (Å²) in [7, 11) is 0. The van der Waals surface area contributed by atoms with Crippen LogP contribution < -0.4 is 30.4 Å². The molecule has 3 N–H and O–H groups in total. The Morgan fingerprint density at radius 1 is 1.10 bits per heavy atom. The number of aromatic amines is 1. The van der Waals surface area contributed by atoms with Crippen molar-refractivity contribution in [1.29, 1.82) is 0 Å². The lowest BCUT2D eigenvalue weighted by Gasteiger charge is -2.18. The minimum absolute atomic E-state index is 0.0234. The largest absolute Gasteiger partial charge is 0.482 e. The smallest absolute Gasteiger partial charge is 0.287 e. The molecule has 0 atom stereocenters. The highest BCUT2D eigenvalue weighted by Crippen LogP contribution is 2.36. The van der Waals surface area contributed by atoms with E-state index >= 15 is 0 Å². The molecule has 29 heavy (non-hydrogen) atoms. The highest BCUT2D eigenvalue weighted by molar-refractivity contribution is 5.96. The predicted molar refractivity (Wildman–Crippen MR) is 100 cm³/mol. The standard InChI is InChI=1S/C19H14N4O6/c24-14-7-27-12-3-1-9(5-11(12)21-14)6-20-19(26)17-22-10-2-4-13-16(29-8-28-13)15(10)18(25)23-17/h1-5H,6-8H2,(H,20,26)(H,21,24)(H,22,23,25). The maximum absolute atomic E-state index is 12.5. The number of carbonyl (C=O) groups is 2. The second-order valence-electron chi connectivity index (χ2n) is 6.46. The van der Waals surface area contributed by atoms with Gasteiger partial charge in [0.1, 0.15) is 11.1 Å². The van der Waals surface area contributed by atoms with E-state index in [0.29, 0.717) is 28.5 Å². The average molecular weight is 394 g/mol. The van der Waals surface area contributed by atoms with Crippen molar-refractivity contribution >= 4 is 28.4 Å². The van der Waals surface area contributed by atoms with Crippen LogP contribution in [0.1, 0.15) is 16.2 Å². The highest BCUT2D eigenvalue weighted by Gasteiger charge is 2.22. The van der Waals surface area contributed by atoms with Crippen molar-refractivity contribution in [3.05, 3.63) is 52.1 Å². The van der Waals surface area contributed by atoms with Crippen molar-refractivity contribution in [2.45, 2.75) is 6.54 Å². The molecule has 10 heteroatoms. The molecule has 0 aliphatic carbocycles. The van der Waals surface area contributed by atoms with Gasteiger partial charge in [-0.3, -0.25) is 14.4 Å². The maximum atomic E-state index is 12.5. The lowest BCUT2D eigenvalue weighted by molar-refractivity contribution is -0.118. The summed E-state index contributed by atoms with van der Waals surface area (Å²) in [4.78, 5) is 43.1. The minimum Gasteiger partial charge on any atom is -0.482 e. The molecular weight excluding hydrogens is 380 g/mol. The van der Waals surface area contributed by atoms with Gasteiger partial charge in [0.25, 0.3) is 17.4 Å².